The number of para-hydroxylation sites is 1. The summed E-state index contributed by atoms with van der Waals surface area (Å²) in [4.78, 5) is 16.4. The van der Waals surface area contributed by atoms with Crippen molar-refractivity contribution in [3.05, 3.63) is 59.3 Å². The van der Waals surface area contributed by atoms with E-state index in [1.54, 1.807) is 12.3 Å². The van der Waals surface area contributed by atoms with E-state index >= 15 is 0 Å². The summed E-state index contributed by atoms with van der Waals surface area (Å²) in [5.74, 6) is 0.370. The Bertz CT molecular complexity index is 972. The zero-order chi connectivity index (χ0) is 13.5. The molecule has 0 aliphatic rings. The summed E-state index contributed by atoms with van der Waals surface area (Å²) < 4.78 is 3.03. The van der Waals surface area contributed by atoms with E-state index in [9.17, 15) is 4.79 Å². The lowest BCUT2D eigenvalue weighted by Gasteiger charge is -2.06. The molecule has 0 amide bonds. The maximum absolute atomic E-state index is 12.5. The van der Waals surface area contributed by atoms with Crippen LogP contribution in [0.5, 0.6) is 0 Å². The van der Waals surface area contributed by atoms with Crippen molar-refractivity contribution >= 4 is 16.8 Å². The minimum Gasteiger partial charge on any atom is -0.282 e. The Morgan fingerprint density at radius 2 is 1.85 bits per heavy atom. The SMILES string of the molecule is O=c1c2nnc3ncnn3c2ccn1-c1ccccc1. The number of aromatic nitrogens is 6. The van der Waals surface area contributed by atoms with Gasteiger partial charge in [0.1, 0.15) is 11.8 Å². The highest BCUT2D eigenvalue weighted by Crippen LogP contribution is 2.09. The van der Waals surface area contributed by atoms with Crippen LogP contribution in [0.2, 0.25) is 0 Å². The minimum absolute atomic E-state index is 0.237. The van der Waals surface area contributed by atoms with E-state index in [1.165, 1.54) is 15.4 Å². The molecule has 3 heterocycles. The van der Waals surface area contributed by atoms with Gasteiger partial charge in [-0.25, -0.2) is 0 Å². The molecule has 0 saturated carbocycles. The zero-order valence-electron chi connectivity index (χ0n) is 10.2. The van der Waals surface area contributed by atoms with Gasteiger partial charge in [0.05, 0.1) is 0 Å². The quantitative estimate of drug-likeness (QED) is 0.508. The monoisotopic (exact) mass is 264 g/mol. The Morgan fingerprint density at radius 3 is 2.70 bits per heavy atom. The number of benzene rings is 1. The maximum Gasteiger partial charge on any atom is 0.285 e. The Balaban J connectivity index is 2.10. The number of hydrogen-bond donors (Lipinski definition) is 0. The number of nitrogens with zero attached hydrogens (tertiary/aromatic N) is 6. The fourth-order valence-electron chi connectivity index (χ4n) is 2.14. The first kappa shape index (κ1) is 10.8. The molecule has 4 rings (SSSR count). The highest BCUT2D eigenvalue weighted by atomic mass is 16.1. The van der Waals surface area contributed by atoms with Crippen molar-refractivity contribution in [1.29, 1.82) is 0 Å². The first-order chi connectivity index (χ1) is 9.84. The first-order valence-corrected chi connectivity index (χ1v) is 5.98. The second kappa shape index (κ2) is 3.95. The highest BCUT2D eigenvalue weighted by molar-refractivity contribution is 5.74. The molecule has 0 fully saturated rings. The molecule has 7 nitrogen and oxygen atoms in total. The van der Waals surface area contributed by atoms with Crippen molar-refractivity contribution in [3.63, 3.8) is 0 Å². The number of pyridine rings is 1. The molecule has 3 aromatic heterocycles. The van der Waals surface area contributed by atoms with Crippen molar-refractivity contribution in [2.45, 2.75) is 0 Å². The Labute approximate surface area is 112 Å². The molecule has 0 saturated heterocycles. The van der Waals surface area contributed by atoms with Crippen molar-refractivity contribution in [3.8, 4) is 5.69 Å². The largest absolute Gasteiger partial charge is 0.285 e. The van der Waals surface area contributed by atoms with Gasteiger partial charge in [-0.05, 0) is 18.2 Å². The van der Waals surface area contributed by atoms with E-state index in [2.05, 4.69) is 20.3 Å². The van der Waals surface area contributed by atoms with E-state index in [0.717, 1.165) is 5.69 Å². The maximum atomic E-state index is 12.5. The van der Waals surface area contributed by atoms with Gasteiger partial charge in [0.15, 0.2) is 5.52 Å². The average Bonchev–Trinajstić information content (AvgIpc) is 2.97. The second-order valence-corrected chi connectivity index (χ2v) is 4.23. The summed E-state index contributed by atoms with van der Waals surface area (Å²) in [5.41, 5.74) is 1.39. The summed E-state index contributed by atoms with van der Waals surface area (Å²) in [5, 5.41) is 11.9. The second-order valence-electron chi connectivity index (χ2n) is 4.23. The van der Waals surface area contributed by atoms with Crippen LogP contribution < -0.4 is 5.56 Å². The van der Waals surface area contributed by atoms with Crippen molar-refractivity contribution in [1.82, 2.24) is 29.4 Å². The van der Waals surface area contributed by atoms with Crippen LogP contribution >= 0.6 is 0 Å². The molecular formula is C13H8N6O. The van der Waals surface area contributed by atoms with Crippen LogP contribution in [0.25, 0.3) is 22.5 Å². The number of hydrogen-bond acceptors (Lipinski definition) is 5. The summed E-state index contributed by atoms with van der Waals surface area (Å²) in [6.45, 7) is 0. The lowest BCUT2D eigenvalue weighted by atomic mass is 10.3. The summed E-state index contributed by atoms with van der Waals surface area (Å²) in [6.07, 6.45) is 3.08. The molecule has 0 N–H and O–H groups in total. The van der Waals surface area contributed by atoms with Gasteiger partial charge in [-0.2, -0.15) is 14.6 Å². The predicted molar refractivity (Wildman–Crippen MR) is 71.7 cm³/mol. The van der Waals surface area contributed by atoms with E-state index in [0.29, 0.717) is 11.3 Å². The Kier molecular flexibility index (Phi) is 2.13. The third kappa shape index (κ3) is 1.43. The molecule has 96 valence electrons. The van der Waals surface area contributed by atoms with Gasteiger partial charge in [-0.3, -0.25) is 9.36 Å². The van der Waals surface area contributed by atoms with Crippen molar-refractivity contribution in [2.75, 3.05) is 0 Å². The third-order valence-electron chi connectivity index (χ3n) is 3.08. The van der Waals surface area contributed by atoms with Crippen LogP contribution in [0.4, 0.5) is 0 Å². The molecule has 7 heteroatoms. The smallest absolute Gasteiger partial charge is 0.282 e. The van der Waals surface area contributed by atoms with Gasteiger partial charge in [0, 0.05) is 11.9 Å². The molecule has 0 radical (unpaired) electrons. The summed E-state index contributed by atoms with van der Waals surface area (Å²) >= 11 is 0. The molecule has 1 aromatic carbocycles. The lowest BCUT2D eigenvalue weighted by Crippen LogP contribution is -2.20. The molecular weight excluding hydrogens is 256 g/mol. The van der Waals surface area contributed by atoms with Gasteiger partial charge < -0.3 is 0 Å². The topological polar surface area (TPSA) is 78.0 Å². The molecule has 0 aliphatic heterocycles. The minimum atomic E-state index is -0.237. The van der Waals surface area contributed by atoms with Crippen LogP contribution in [0, 0.1) is 0 Å². The van der Waals surface area contributed by atoms with E-state index in [4.69, 9.17) is 0 Å². The van der Waals surface area contributed by atoms with Crippen LogP contribution in [0.1, 0.15) is 0 Å². The fourth-order valence-corrected chi connectivity index (χ4v) is 2.14. The van der Waals surface area contributed by atoms with Crippen LogP contribution in [0.15, 0.2) is 53.7 Å². The van der Waals surface area contributed by atoms with Gasteiger partial charge in [0.25, 0.3) is 11.3 Å². The standard InChI is InChI=1S/C13H8N6O/c20-12-11-10(19-13(17-16-11)14-8-15-19)6-7-18(12)9-4-2-1-3-5-9/h1-8H. The Morgan fingerprint density at radius 1 is 1.00 bits per heavy atom. The zero-order valence-corrected chi connectivity index (χ0v) is 10.2. The normalized spacial score (nSPS) is 11.2. The van der Waals surface area contributed by atoms with E-state index in [1.807, 2.05) is 30.3 Å². The third-order valence-corrected chi connectivity index (χ3v) is 3.08. The van der Waals surface area contributed by atoms with Gasteiger partial charge >= 0.3 is 0 Å². The molecule has 0 spiro atoms. The lowest BCUT2D eigenvalue weighted by molar-refractivity contribution is 0.914. The van der Waals surface area contributed by atoms with Gasteiger partial charge in [-0.1, -0.05) is 18.2 Å². The van der Waals surface area contributed by atoms with Gasteiger partial charge in [-0.15, -0.1) is 10.2 Å². The summed E-state index contributed by atoms with van der Waals surface area (Å²) in [6, 6.07) is 11.1. The molecule has 4 aromatic rings. The average molecular weight is 264 g/mol. The van der Waals surface area contributed by atoms with E-state index in [-0.39, 0.29) is 11.1 Å². The molecule has 20 heavy (non-hydrogen) atoms. The summed E-state index contributed by atoms with van der Waals surface area (Å²) in [7, 11) is 0. The fraction of sp³-hybridized carbons (Fsp3) is 0. The number of fused-ring (bicyclic) bond motifs is 3. The number of rotatable bonds is 1. The highest BCUT2D eigenvalue weighted by Gasteiger charge is 2.10. The van der Waals surface area contributed by atoms with Crippen LogP contribution in [-0.2, 0) is 0 Å². The van der Waals surface area contributed by atoms with Crippen LogP contribution in [0.3, 0.4) is 0 Å². The van der Waals surface area contributed by atoms with Gasteiger partial charge in [0.2, 0.25) is 0 Å². The van der Waals surface area contributed by atoms with Crippen molar-refractivity contribution in [2.24, 2.45) is 0 Å². The molecule has 0 bridgehead atoms. The Hall–Kier alpha value is -3.09. The first-order valence-electron chi connectivity index (χ1n) is 5.98. The van der Waals surface area contributed by atoms with Crippen molar-refractivity contribution < 1.29 is 0 Å². The molecule has 0 atom stereocenters. The molecule has 0 aliphatic carbocycles. The van der Waals surface area contributed by atoms with E-state index < -0.39 is 0 Å². The van der Waals surface area contributed by atoms with Crippen LogP contribution in [-0.4, -0.2) is 29.4 Å². The molecule has 0 unspecified atom stereocenters. The predicted octanol–water partition coefficient (Wildman–Crippen LogP) is 0.823.